The van der Waals surface area contributed by atoms with Gasteiger partial charge in [0.1, 0.15) is 5.69 Å². The van der Waals surface area contributed by atoms with Crippen molar-refractivity contribution in [2.24, 2.45) is 0 Å². The largest absolute Gasteiger partial charge is 0.379 e. The topological polar surface area (TPSA) is 105 Å². The molecule has 0 saturated carbocycles. The molecule has 0 radical (unpaired) electrons. The molecular formula is C22H26N4O4. The second kappa shape index (κ2) is 9.87. The predicted octanol–water partition coefficient (Wildman–Crippen LogP) is 3.13. The highest BCUT2D eigenvalue weighted by Gasteiger charge is 2.24. The van der Waals surface area contributed by atoms with E-state index in [4.69, 9.17) is 0 Å². The number of aryl methyl sites for hydroxylation is 1. The van der Waals surface area contributed by atoms with E-state index in [0.717, 1.165) is 5.56 Å². The summed E-state index contributed by atoms with van der Waals surface area (Å²) in [5.41, 5.74) is 2.02. The van der Waals surface area contributed by atoms with Gasteiger partial charge in [-0.05, 0) is 37.5 Å². The van der Waals surface area contributed by atoms with Crippen LogP contribution in [0.25, 0.3) is 0 Å². The fraction of sp³-hybridized carbons (Fsp3) is 0.364. The Morgan fingerprint density at radius 2 is 1.77 bits per heavy atom. The predicted molar refractivity (Wildman–Crippen MR) is 114 cm³/mol. The third-order valence-corrected chi connectivity index (χ3v) is 5.33. The smallest absolute Gasteiger partial charge is 0.292 e. The summed E-state index contributed by atoms with van der Waals surface area (Å²) < 4.78 is 0. The van der Waals surface area contributed by atoms with E-state index in [1.807, 2.05) is 31.2 Å². The fourth-order valence-corrected chi connectivity index (χ4v) is 3.61. The summed E-state index contributed by atoms with van der Waals surface area (Å²) in [6.07, 6.45) is 1.67. The summed E-state index contributed by atoms with van der Waals surface area (Å²) in [5, 5.41) is 17.1. The van der Waals surface area contributed by atoms with Gasteiger partial charge in [0.05, 0.1) is 4.92 Å². The summed E-state index contributed by atoms with van der Waals surface area (Å²) in [6, 6.07) is 13.9. The van der Waals surface area contributed by atoms with Crippen LogP contribution in [-0.2, 0) is 4.79 Å². The van der Waals surface area contributed by atoms with Crippen molar-refractivity contribution in [1.82, 2.24) is 10.2 Å². The number of nitro benzene ring substituents is 1. The third-order valence-electron chi connectivity index (χ3n) is 5.33. The van der Waals surface area contributed by atoms with Gasteiger partial charge in [-0.3, -0.25) is 19.7 Å². The Morgan fingerprint density at radius 3 is 2.47 bits per heavy atom. The Labute approximate surface area is 175 Å². The first-order valence-electron chi connectivity index (χ1n) is 10.1. The van der Waals surface area contributed by atoms with Crippen LogP contribution in [0.3, 0.4) is 0 Å². The molecule has 2 amide bonds. The Bertz CT molecular complexity index is 923. The molecule has 8 nitrogen and oxygen atoms in total. The zero-order chi connectivity index (χ0) is 21.5. The molecule has 0 atom stereocenters. The number of carbonyl (C=O) groups excluding carboxylic acids is 2. The number of nitrogens with one attached hydrogen (secondary N) is 2. The van der Waals surface area contributed by atoms with E-state index in [1.165, 1.54) is 6.07 Å². The summed E-state index contributed by atoms with van der Waals surface area (Å²) in [7, 11) is 0. The molecule has 0 bridgehead atoms. The first-order valence-corrected chi connectivity index (χ1v) is 10.1. The molecule has 2 aromatic rings. The molecule has 2 N–H and O–H groups in total. The van der Waals surface area contributed by atoms with Crippen LogP contribution in [0.15, 0.2) is 48.5 Å². The molecule has 1 aliphatic rings. The standard InChI is InChI=1S/C22H26N4O4/c1-16-6-2-3-7-18(16)22(28)24-17-11-14-25(15-12-17)21(27)10-13-23-19-8-4-5-9-20(19)26(29)30/h2-9,17,23H,10-15H2,1H3,(H,24,28). The Morgan fingerprint density at radius 1 is 1.10 bits per heavy atom. The van der Waals surface area contributed by atoms with Gasteiger partial charge >= 0.3 is 0 Å². The molecule has 158 valence electrons. The van der Waals surface area contributed by atoms with E-state index < -0.39 is 4.92 Å². The number of benzene rings is 2. The third kappa shape index (κ3) is 5.34. The molecule has 30 heavy (non-hydrogen) atoms. The van der Waals surface area contributed by atoms with Crippen LogP contribution < -0.4 is 10.6 Å². The molecule has 1 fully saturated rings. The molecule has 0 aliphatic carbocycles. The van der Waals surface area contributed by atoms with Crippen molar-refractivity contribution >= 4 is 23.2 Å². The number of nitro groups is 1. The van der Waals surface area contributed by atoms with Crippen molar-refractivity contribution in [2.45, 2.75) is 32.2 Å². The van der Waals surface area contributed by atoms with Crippen LogP contribution in [0.5, 0.6) is 0 Å². The van der Waals surface area contributed by atoms with E-state index >= 15 is 0 Å². The summed E-state index contributed by atoms with van der Waals surface area (Å²) in [4.78, 5) is 37.3. The van der Waals surface area contributed by atoms with Crippen LogP contribution in [0, 0.1) is 17.0 Å². The zero-order valence-electron chi connectivity index (χ0n) is 17.0. The second-order valence-electron chi connectivity index (χ2n) is 7.39. The quantitative estimate of drug-likeness (QED) is 0.539. The minimum Gasteiger partial charge on any atom is -0.379 e. The van der Waals surface area contributed by atoms with Gasteiger partial charge in [-0.25, -0.2) is 0 Å². The lowest BCUT2D eigenvalue weighted by atomic mass is 10.0. The van der Waals surface area contributed by atoms with E-state index in [0.29, 0.717) is 43.7 Å². The number of carbonyl (C=O) groups is 2. The Kier molecular flexibility index (Phi) is 7.00. The van der Waals surface area contributed by atoms with E-state index in [2.05, 4.69) is 10.6 Å². The monoisotopic (exact) mass is 410 g/mol. The number of rotatable bonds is 7. The highest BCUT2D eigenvalue weighted by molar-refractivity contribution is 5.95. The fourth-order valence-electron chi connectivity index (χ4n) is 3.61. The van der Waals surface area contributed by atoms with E-state index in [1.54, 1.807) is 23.1 Å². The Balaban J connectivity index is 1.43. The molecule has 1 aliphatic heterocycles. The molecule has 2 aromatic carbocycles. The summed E-state index contributed by atoms with van der Waals surface area (Å²) in [6.45, 7) is 3.41. The number of likely N-dealkylation sites (tertiary alicyclic amines) is 1. The molecular weight excluding hydrogens is 384 g/mol. The van der Waals surface area contributed by atoms with Crippen molar-refractivity contribution in [3.05, 3.63) is 69.8 Å². The lowest BCUT2D eigenvalue weighted by molar-refractivity contribution is -0.384. The van der Waals surface area contributed by atoms with E-state index in [-0.39, 0.29) is 30.0 Å². The van der Waals surface area contributed by atoms with E-state index in [9.17, 15) is 19.7 Å². The maximum Gasteiger partial charge on any atom is 0.292 e. The maximum absolute atomic E-state index is 12.5. The zero-order valence-corrected chi connectivity index (χ0v) is 17.0. The second-order valence-corrected chi connectivity index (χ2v) is 7.39. The number of anilines is 1. The number of hydrogen-bond donors (Lipinski definition) is 2. The van der Waals surface area contributed by atoms with Crippen molar-refractivity contribution < 1.29 is 14.5 Å². The van der Waals surface area contributed by atoms with Crippen molar-refractivity contribution in [3.8, 4) is 0 Å². The minimum absolute atomic E-state index is 0.00441. The van der Waals surface area contributed by atoms with Crippen LogP contribution >= 0.6 is 0 Å². The first kappa shape index (κ1) is 21.3. The summed E-state index contributed by atoms with van der Waals surface area (Å²) in [5.74, 6) is -0.0729. The molecule has 0 aromatic heterocycles. The van der Waals surface area contributed by atoms with Gasteiger partial charge in [0.25, 0.3) is 11.6 Å². The van der Waals surface area contributed by atoms with Crippen molar-refractivity contribution in [2.75, 3.05) is 25.0 Å². The molecule has 3 rings (SSSR count). The molecule has 1 heterocycles. The summed E-state index contributed by atoms with van der Waals surface area (Å²) >= 11 is 0. The van der Waals surface area contributed by atoms with Crippen molar-refractivity contribution in [3.63, 3.8) is 0 Å². The normalized spacial score (nSPS) is 14.2. The molecule has 0 unspecified atom stereocenters. The van der Waals surface area contributed by atoms with Crippen molar-refractivity contribution in [1.29, 1.82) is 0 Å². The van der Waals surface area contributed by atoms with Gasteiger partial charge in [-0.1, -0.05) is 30.3 Å². The minimum atomic E-state index is -0.444. The highest BCUT2D eigenvalue weighted by Crippen LogP contribution is 2.23. The molecule has 8 heteroatoms. The molecule has 1 saturated heterocycles. The maximum atomic E-state index is 12.5. The number of piperidine rings is 1. The average molecular weight is 410 g/mol. The van der Waals surface area contributed by atoms with Gasteiger partial charge in [0.15, 0.2) is 0 Å². The number of amides is 2. The van der Waals surface area contributed by atoms with Crippen LogP contribution in [0.4, 0.5) is 11.4 Å². The number of nitrogens with zero attached hydrogens (tertiary/aromatic N) is 2. The Hall–Kier alpha value is -3.42. The van der Waals surface area contributed by atoms with Gasteiger partial charge in [-0.2, -0.15) is 0 Å². The van der Waals surface area contributed by atoms with Crippen LogP contribution in [0.1, 0.15) is 35.2 Å². The average Bonchev–Trinajstić information content (AvgIpc) is 2.74. The molecule has 0 spiro atoms. The van der Waals surface area contributed by atoms with Crippen LogP contribution in [-0.4, -0.2) is 47.3 Å². The number of para-hydroxylation sites is 2. The van der Waals surface area contributed by atoms with Crippen LogP contribution in [0.2, 0.25) is 0 Å². The SMILES string of the molecule is Cc1ccccc1C(=O)NC1CCN(C(=O)CCNc2ccccc2[N+](=O)[O-])CC1. The number of hydrogen-bond acceptors (Lipinski definition) is 5. The van der Waals surface area contributed by atoms with Gasteiger partial charge < -0.3 is 15.5 Å². The van der Waals surface area contributed by atoms with Gasteiger partial charge in [-0.15, -0.1) is 0 Å². The first-order chi connectivity index (χ1) is 14.5. The highest BCUT2D eigenvalue weighted by atomic mass is 16.6. The van der Waals surface area contributed by atoms with Gasteiger partial charge in [0.2, 0.25) is 5.91 Å². The lowest BCUT2D eigenvalue weighted by Gasteiger charge is -2.32. The lowest BCUT2D eigenvalue weighted by Crippen LogP contribution is -2.46. The van der Waals surface area contributed by atoms with Gasteiger partial charge in [0, 0.05) is 43.7 Å².